The number of benzene rings is 2. The van der Waals surface area contributed by atoms with Gasteiger partial charge in [-0.3, -0.25) is 9.59 Å². The largest absolute Gasteiger partial charge is 0.497 e. The zero-order valence-electron chi connectivity index (χ0n) is 16.9. The Bertz CT molecular complexity index is 869. The first-order valence-corrected chi connectivity index (χ1v) is 9.66. The van der Waals surface area contributed by atoms with Crippen LogP contribution >= 0.6 is 0 Å². The van der Waals surface area contributed by atoms with E-state index in [1.807, 2.05) is 42.5 Å². The van der Waals surface area contributed by atoms with Gasteiger partial charge in [-0.1, -0.05) is 18.2 Å². The maximum atomic E-state index is 12.9. The second-order valence-corrected chi connectivity index (χ2v) is 6.88. The molecule has 0 aliphatic carbocycles. The second kappa shape index (κ2) is 10.0. The van der Waals surface area contributed by atoms with E-state index in [-0.39, 0.29) is 18.4 Å². The first-order valence-electron chi connectivity index (χ1n) is 9.66. The lowest BCUT2D eigenvalue weighted by Crippen LogP contribution is -2.31. The molecule has 154 valence electrons. The van der Waals surface area contributed by atoms with Gasteiger partial charge >= 0.3 is 0 Å². The molecule has 7 nitrogen and oxygen atoms in total. The van der Waals surface area contributed by atoms with E-state index in [4.69, 9.17) is 9.47 Å². The Morgan fingerprint density at radius 3 is 2.79 bits per heavy atom. The van der Waals surface area contributed by atoms with E-state index in [0.717, 1.165) is 29.0 Å². The molecule has 0 unspecified atom stereocenters. The van der Waals surface area contributed by atoms with Crippen molar-refractivity contribution in [2.75, 3.05) is 50.7 Å². The Morgan fingerprint density at radius 1 is 1.14 bits per heavy atom. The van der Waals surface area contributed by atoms with Gasteiger partial charge in [0.2, 0.25) is 11.8 Å². The summed E-state index contributed by atoms with van der Waals surface area (Å²) in [6.45, 7) is 2.02. The van der Waals surface area contributed by atoms with Crippen LogP contribution in [0.3, 0.4) is 0 Å². The smallest absolute Gasteiger partial charge is 0.238 e. The normalized spacial score (nSPS) is 12.6. The number of ether oxygens (including phenoxy) is 2. The minimum absolute atomic E-state index is 0.0294. The lowest BCUT2D eigenvalue weighted by atomic mass is 10.1. The third-order valence-corrected chi connectivity index (χ3v) is 4.82. The van der Waals surface area contributed by atoms with Gasteiger partial charge in [-0.2, -0.15) is 0 Å². The van der Waals surface area contributed by atoms with E-state index in [9.17, 15) is 9.59 Å². The Balaban J connectivity index is 1.64. The SMILES string of the molecule is COCCNCC(=O)Nc1ccc2c(c1)N(C(=O)Cc1cccc(OC)c1)CC2. The van der Waals surface area contributed by atoms with E-state index in [1.165, 1.54) is 0 Å². The highest BCUT2D eigenvalue weighted by Crippen LogP contribution is 2.31. The number of hydrogen-bond acceptors (Lipinski definition) is 5. The Labute approximate surface area is 171 Å². The number of hydrogen-bond donors (Lipinski definition) is 2. The highest BCUT2D eigenvalue weighted by molar-refractivity contribution is 5.98. The minimum atomic E-state index is -0.131. The molecule has 0 aromatic heterocycles. The van der Waals surface area contributed by atoms with Gasteiger partial charge in [-0.25, -0.2) is 0 Å². The number of anilines is 2. The molecule has 2 amide bonds. The van der Waals surface area contributed by atoms with Gasteiger partial charge in [0.05, 0.1) is 26.7 Å². The maximum Gasteiger partial charge on any atom is 0.238 e. The molecular weight excluding hydrogens is 370 g/mol. The van der Waals surface area contributed by atoms with Crippen molar-refractivity contribution in [3.05, 3.63) is 53.6 Å². The van der Waals surface area contributed by atoms with Gasteiger partial charge in [0.15, 0.2) is 0 Å². The van der Waals surface area contributed by atoms with Crippen LogP contribution < -0.4 is 20.3 Å². The average Bonchev–Trinajstić information content (AvgIpc) is 3.15. The number of carbonyl (C=O) groups is 2. The van der Waals surface area contributed by atoms with E-state index >= 15 is 0 Å². The van der Waals surface area contributed by atoms with E-state index in [1.54, 1.807) is 19.1 Å². The fourth-order valence-electron chi connectivity index (χ4n) is 3.35. The predicted octanol–water partition coefficient (Wildman–Crippen LogP) is 2.00. The highest BCUT2D eigenvalue weighted by atomic mass is 16.5. The summed E-state index contributed by atoms with van der Waals surface area (Å²) >= 11 is 0. The standard InChI is InChI=1S/C22H27N3O4/c1-28-11-9-23-15-21(26)24-18-7-6-17-8-10-25(20(17)14-18)22(27)13-16-4-3-5-19(12-16)29-2/h3-7,12,14,23H,8-11,13,15H2,1-2H3,(H,24,26). The first kappa shape index (κ1) is 20.8. The summed E-state index contributed by atoms with van der Waals surface area (Å²) < 4.78 is 10.2. The molecule has 2 aromatic carbocycles. The zero-order valence-corrected chi connectivity index (χ0v) is 16.9. The molecule has 0 fully saturated rings. The molecule has 7 heteroatoms. The van der Waals surface area contributed by atoms with Crippen LogP contribution in [0.25, 0.3) is 0 Å². The van der Waals surface area contributed by atoms with Crippen LogP contribution in [-0.4, -0.2) is 52.3 Å². The third kappa shape index (κ3) is 5.56. The topological polar surface area (TPSA) is 79.9 Å². The molecule has 1 aliphatic heterocycles. The molecule has 0 saturated heterocycles. The molecule has 2 aromatic rings. The quantitative estimate of drug-likeness (QED) is 0.633. The number of amides is 2. The number of carbonyl (C=O) groups excluding carboxylic acids is 2. The number of nitrogens with one attached hydrogen (secondary N) is 2. The fourth-order valence-corrected chi connectivity index (χ4v) is 3.35. The lowest BCUT2D eigenvalue weighted by molar-refractivity contribution is -0.118. The molecule has 0 radical (unpaired) electrons. The summed E-state index contributed by atoms with van der Waals surface area (Å²) in [7, 11) is 3.23. The Morgan fingerprint density at radius 2 is 2.00 bits per heavy atom. The summed E-state index contributed by atoms with van der Waals surface area (Å²) in [6.07, 6.45) is 1.11. The zero-order chi connectivity index (χ0) is 20.6. The highest BCUT2D eigenvalue weighted by Gasteiger charge is 2.25. The summed E-state index contributed by atoms with van der Waals surface area (Å²) in [5.74, 6) is 0.635. The van der Waals surface area contributed by atoms with Gasteiger partial charge in [-0.15, -0.1) is 0 Å². The van der Waals surface area contributed by atoms with Crippen LogP contribution in [0.15, 0.2) is 42.5 Å². The van der Waals surface area contributed by atoms with Crippen molar-refractivity contribution in [1.29, 1.82) is 0 Å². The van der Waals surface area contributed by atoms with Crippen LogP contribution in [0.5, 0.6) is 5.75 Å². The van der Waals surface area contributed by atoms with Crippen LogP contribution in [0.2, 0.25) is 0 Å². The summed E-state index contributed by atoms with van der Waals surface area (Å²) in [5, 5.41) is 5.89. The van der Waals surface area contributed by atoms with Crippen molar-refractivity contribution in [3.8, 4) is 5.75 Å². The van der Waals surface area contributed by atoms with Crippen LogP contribution in [0.1, 0.15) is 11.1 Å². The molecule has 0 bridgehead atoms. The van der Waals surface area contributed by atoms with Crippen molar-refractivity contribution in [1.82, 2.24) is 5.32 Å². The molecule has 3 rings (SSSR count). The molecule has 1 heterocycles. The first-order chi connectivity index (χ1) is 14.1. The fraction of sp³-hybridized carbons (Fsp3) is 0.364. The molecule has 0 spiro atoms. The maximum absolute atomic E-state index is 12.9. The van der Waals surface area contributed by atoms with Crippen LogP contribution in [0, 0.1) is 0 Å². The van der Waals surface area contributed by atoms with Crippen molar-refractivity contribution < 1.29 is 19.1 Å². The van der Waals surface area contributed by atoms with Crippen molar-refractivity contribution in [2.45, 2.75) is 12.8 Å². The summed E-state index contributed by atoms with van der Waals surface area (Å²) in [4.78, 5) is 26.8. The molecule has 0 saturated carbocycles. The lowest BCUT2D eigenvalue weighted by Gasteiger charge is -2.18. The monoisotopic (exact) mass is 397 g/mol. The van der Waals surface area contributed by atoms with Crippen molar-refractivity contribution in [2.24, 2.45) is 0 Å². The minimum Gasteiger partial charge on any atom is -0.497 e. The number of fused-ring (bicyclic) bond motifs is 1. The van der Waals surface area contributed by atoms with Gasteiger partial charge in [0.25, 0.3) is 0 Å². The number of rotatable bonds is 9. The average molecular weight is 397 g/mol. The Hall–Kier alpha value is -2.90. The second-order valence-electron chi connectivity index (χ2n) is 6.88. The van der Waals surface area contributed by atoms with Crippen LogP contribution in [0.4, 0.5) is 11.4 Å². The van der Waals surface area contributed by atoms with Crippen molar-refractivity contribution >= 4 is 23.2 Å². The summed E-state index contributed by atoms with van der Waals surface area (Å²) in [5.41, 5.74) is 3.57. The molecule has 2 N–H and O–H groups in total. The molecular formula is C22H27N3O4. The molecule has 29 heavy (non-hydrogen) atoms. The molecule has 0 atom stereocenters. The van der Waals surface area contributed by atoms with Crippen molar-refractivity contribution in [3.63, 3.8) is 0 Å². The third-order valence-electron chi connectivity index (χ3n) is 4.82. The summed E-state index contributed by atoms with van der Waals surface area (Å²) in [6, 6.07) is 13.3. The predicted molar refractivity (Wildman–Crippen MR) is 113 cm³/mol. The van der Waals surface area contributed by atoms with Crippen LogP contribution in [-0.2, 0) is 27.2 Å². The molecule has 1 aliphatic rings. The van der Waals surface area contributed by atoms with Gasteiger partial charge in [-0.05, 0) is 41.8 Å². The van der Waals surface area contributed by atoms with Gasteiger partial charge in [0, 0.05) is 31.6 Å². The Kier molecular flexibility index (Phi) is 7.21. The van der Waals surface area contributed by atoms with E-state index < -0.39 is 0 Å². The number of methoxy groups -OCH3 is 2. The number of nitrogens with zero attached hydrogens (tertiary/aromatic N) is 1. The van der Waals surface area contributed by atoms with Gasteiger partial charge in [0.1, 0.15) is 5.75 Å². The van der Waals surface area contributed by atoms with E-state index in [0.29, 0.717) is 31.8 Å². The van der Waals surface area contributed by atoms with E-state index in [2.05, 4.69) is 10.6 Å². The van der Waals surface area contributed by atoms with Gasteiger partial charge < -0.3 is 25.0 Å².